The standard InChI is InChI=1S/C36H32O15/c37-13-25-30(44)32(46)33(47)36(51-25)50-24-12-21(43)26-20(42)11-22(14-1-5-16(38)6-2-14)48-35(26)28(24)29-31(45)27-19(41)9-18(40)10-23(27)49-34(29)15-3-7-17(39)8-4-15/h1-10,12,22,25,29-30,32-34,36-41,43-44,46-47H,11,13H2/t22?,25-,29?,30-,32+,33-,34?,36?/m1/s1. The normalized spacial score (nSPS) is 27.1. The van der Waals surface area contributed by atoms with Gasteiger partial charge in [0.2, 0.25) is 6.29 Å². The Labute approximate surface area is 288 Å². The molecular weight excluding hydrogens is 672 g/mol. The highest BCUT2D eigenvalue weighted by Crippen LogP contribution is 2.56. The lowest BCUT2D eigenvalue weighted by molar-refractivity contribution is -0.277. The average Bonchev–Trinajstić information content (AvgIpc) is 3.09. The molecule has 15 heteroatoms. The summed E-state index contributed by atoms with van der Waals surface area (Å²) >= 11 is 0. The first kappa shape index (κ1) is 33.9. The number of aromatic hydroxyl groups is 5. The molecule has 4 aromatic rings. The van der Waals surface area contributed by atoms with E-state index in [0.717, 1.165) is 18.2 Å². The average molecular weight is 705 g/mol. The van der Waals surface area contributed by atoms with E-state index in [1.54, 1.807) is 0 Å². The van der Waals surface area contributed by atoms with Gasteiger partial charge in [0.25, 0.3) is 0 Å². The van der Waals surface area contributed by atoms with Crippen LogP contribution in [0.15, 0.2) is 66.7 Å². The predicted octanol–water partition coefficient (Wildman–Crippen LogP) is 2.20. The van der Waals surface area contributed by atoms with E-state index >= 15 is 0 Å². The minimum Gasteiger partial charge on any atom is -0.508 e. The number of phenolic OH excluding ortho intramolecular Hbond substituents is 5. The van der Waals surface area contributed by atoms with Crippen molar-refractivity contribution in [1.82, 2.24) is 0 Å². The second kappa shape index (κ2) is 12.9. The molecule has 4 aromatic carbocycles. The van der Waals surface area contributed by atoms with E-state index in [2.05, 4.69) is 0 Å². The first-order valence-corrected chi connectivity index (χ1v) is 15.8. The monoisotopic (exact) mass is 704 g/mol. The molecule has 266 valence electrons. The Kier molecular flexibility index (Phi) is 8.61. The highest BCUT2D eigenvalue weighted by molar-refractivity contribution is 6.09. The maximum Gasteiger partial charge on any atom is 0.229 e. The van der Waals surface area contributed by atoms with Crippen molar-refractivity contribution in [2.75, 3.05) is 6.61 Å². The van der Waals surface area contributed by atoms with Gasteiger partial charge in [-0.15, -0.1) is 0 Å². The molecule has 8 atom stereocenters. The number of carbonyl (C=O) groups is 2. The van der Waals surface area contributed by atoms with Crippen molar-refractivity contribution in [1.29, 1.82) is 0 Å². The third-order valence-electron chi connectivity index (χ3n) is 9.21. The Balaban J connectivity index is 1.47. The molecule has 7 rings (SSSR count). The zero-order valence-corrected chi connectivity index (χ0v) is 26.4. The van der Waals surface area contributed by atoms with Crippen LogP contribution in [0.4, 0.5) is 0 Å². The van der Waals surface area contributed by atoms with Crippen molar-refractivity contribution in [2.24, 2.45) is 0 Å². The van der Waals surface area contributed by atoms with Crippen molar-refractivity contribution in [2.45, 2.75) is 55.3 Å². The van der Waals surface area contributed by atoms with E-state index in [4.69, 9.17) is 18.9 Å². The van der Waals surface area contributed by atoms with Crippen LogP contribution in [-0.4, -0.2) is 94.8 Å². The first-order valence-electron chi connectivity index (χ1n) is 15.8. The molecule has 0 saturated carbocycles. The van der Waals surface area contributed by atoms with Gasteiger partial charge in [0.15, 0.2) is 11.6 Å². The van der Waals surface area contributed by atoms with E-state index in [-0.39, 0.29) is 51.7 Å². The molecule has 3 aliphatic heterocycles. The quantitative estimate of drug-likeness (QED) is 0.139. The molecule has 51 heavy (non-hydrogen) atoms. The van der Waals surface area contributed by atoms with Crippen molar-refractivity contribution in [3.8, 4) is 46.0 Å². The molecule has 0 aromatic heterocycles. The summed E-state index contributed by atoms with van der Waals surface area (Å²) in [4.78, 5) is 28.5. The lowest BCUT2D eigenvalue weighted by Gasteiger charge is -2.41. The minimum absolute atomic E-state index is 0.0546. The highest BCUT2D eigenvalue weighted by atomic mass is 16.7. The molecule has 0 spiro atoms. The van der Waals surface area contributed by atoms with E-state index in [9.17, 15) is 55.5 Å². The van der Waals surface area contributed by atoms with Crippen LogP contribution in [0.1, 0.15) is 62.0 Å². The number of rotatable bonds is 6. The number of hydrogen-bond donors (Lipinski definition) is 9. The number of aliphatic hydroxyl groups excluding tert-OH is 4. The van der Waals surface area contributed by atoms with Crippen LogP contribution in [0.25, 0.3) is 0 Å². The summed E-state index contributed by atoms with van der Waals surface area (Å²) < 4.78 is 24.3. The van der Waals surface area contributed by atoms with Gasteiger partial charge in [-0.2, -0.15) is 0 Å². The molecule has 0 bridgehead atoms. The fourth-order valence-electron chi connectivity index (χ4n) is 6.67. The van der Waals surface area contributed by atoms with Crippen LogP contribution < -0.4 is 14.2 Å². The largest absolute Gasteiger partial charge is 0.508 e. The third-order valence-corrected chi connectivity index (χ3v) is 9.21. The van der Waals surface area contributed by atoms with Crippen LogP contribution in [0.5, 0.6) is 46.0 Å². The Morgan fingerprint density at radius 1 is 0.706 bits per heavy atom. The summed E-state index contributed by atoms with van der Waals surface area (Å²) in [5.74, 6) is -5.85. The van der Waals surface area contributed by atoms with E-state index in [1.165, 1.54) is 48.5 Å². The van der Waals surface area contributed by atoms with E-state index in [0.29, 0.717) is 5.56 Å². The van der Waals surface area contributed by atoms with Crippen LogP contribution in [-0.2, 0) is 4.74 Å². The van der Waals surface area contributed by atoms with E-state index in [1.807, 2.05) is 0 Å². The molecule has 9 N–H and O–H groups in total. The molecule has 15 nitrogen and oxygen atoms in total. The van der Waals surface area contributed by atoms with Crippen LogP contribution in [0, 0.1) is 0 Å². The SMILES string of the molecule is O=C1CC(c2ccc(O)cc2)Oc2c1c(O)cc(OC1O[C@H](CO)[C@@H](O)[C@H](O)[C@H]1O)c2C1C(=O)c2c(O)cc(O)cc2OC1c1ccc(O)cc1. The molecule has 3 aliphatic rings. The Hall–Kier alpha value is -5.58. The summed E-state index contributed by atoms with van der Waals surface area (Å²) in [5.41, 5.74) is -0.183. The number of aliphatic hydroxyl groups is 4. The lowest BCUT2D eigenvalue weighted by atomic mass is 9.78. The van der Waals surface area contributed by atoms with Gasteiger partial charge in [-0.05, 0) is 35.4 Å². The summed E-state index contributed by atoms with van der Waals surface area (Å²) in [6, 6.07) is 14.4. The second-order valence-corrected chi connectivity index (χ2v) is 12.5. The number of fused-ring (bicyclic) bond motifs is 2. The third kappa shape index (κ3) is 5.90. The van der Waals surface area contributed by atoms with Crippen molar-refractivity contribution in [3.63, 3.8) is 0 Å². The molecule has 0 aliphatic carbocycles. The predicted molar refractivity (Wildman–Crippen MR) is 171 cm³/mol. The number of phenols is 5. The summed E-state index contributed by atoms with van der Waals surface area (Å²) in [6.07, 6.45) is -11.4. The maximum atomic E-state index is 14.7. The zero-order valence-electron chi connectivity index (χ0n) is 26.4. The molecule has 4 unspecified atom stereocenters. The summed E-state index contributed by atoms with van der Waals surface area (Å²) in [5, 5.41) is 93.8. The summed E-state index contributed by atoms with van der Waals surface area (Å²) in [7, 11) is 0. The summed E-state index contributed by atoms with van der Waals surface area (Å²) in [6.45, 7) is -0.792. The Bertz CT molecular complexity index is 1990. The molecule has 1 saturated heterocycles. The van der Waals surface area contributed by atoms with E-state index < -0.39 is 90.0 Å². The number of hydrogen-bond acceptors (Lipinski definition) is 15. The molecule has 0 amide bonds. The number of carbonyl (C=O) groups excluding carboxylic acids is 2. The minimum atomic E-state index is -1.93. The van der Waals surface area contributed by atoms with Gasteiger partial charge in [0.1, 0.15) is 93.7 Å². The number of ether oxygens (including phenoxy) is 4. The number of benzene rings is 4. The zero-order chi connectivity index (χ0) is 36.3. The van der Waals surface area contributed by atoms with Crippen LogP contribution in [0.3, 0.4) is 0 Å². The second-order valence-electron chi connectivity index (χ2n) is 12.5. The highest BCUT2D eigenvalue weighted by Gasteiger charge is 2.49. The van der Waals surface area contributed by atoms with Crippen LogP contribution in [0.2, 0.25) is 0 Å². The van der Waals surface area contributed by atoms with Gasteiger partial charge < -0.3 is 64.9 Å². The molecule has 3 heterocycles. The molecule has 0 radical (unpaired) electrons. The van der Waals surface area contributed by atoms with Gasteiger partial charge in [-0.25, -0.2) is 0 Å². The van der Waals surface area contributed by atoms with Gasteiger partial charge in [-0.1, -0.05) is 24.3 Å². The van der Waals surface area contributed by atoms with Gasteiger partial charge in [0.05, 0.1) is 24.5 Å². The number of ketones is 2. The Morgan fingerprint density at radius 2 is 1.33 bits per heavy atom. The van der Waals surface area contributed by atoms with Gasteiger partial charge >= 0.3 is 0 Å². The van der Waals surface area contributed by atoms with Crippen molar-refractivity contribution < 1.29 is 74.5 Å². The fourth-order valence-corrected chi connectivity index (χ4v) is 6.67. The van der Waals surface area contributed by atoms with Crippen molar-refractivity contribution >= 4 is 11.6 Å². The van der Waals surface area contributed by atoms with Gasteiger partial charge in [-0.3, -0.25) is 9.59 Å². The molecule has 1 fully saturated rings. The first-order chi connectivity index (χ1) is 24.4. The fraction of sp³-hybridized carbons (Fsp3) is 0.278. The van der Waals surface area contributed by atoms with Gasteiger partial charge in [0, 0.05) is 18.2 Å². The van der Waals surface area contributed by atoms with Crippen LogP contribution >= 0.6 is 0 Å². The molecular formula is C36H32O15. The Morgan fingerprint density at radius 3 is 1.98 bits per heavy atom. The lowest BCUT2D eigenvalue weighted by Crippen LogP contribution is -2.60. The number of Topliss-reactive ketones (excluding diaryl/α,β-unsaturated/α-hetero) is 2. The topological polar surface area (TPSA) is 253 Å². The maximum absolute atomic E-state index is 14.7. The smallest absolute Gasteiger partial charge is 0.229 e. The van der Waals surface area contributed by atoms with Crippen molar-refractivity contribution in [3.05, 3.63) is 94.5 Å².